The summed E-state index contributed by atoms with van der Waals surface area (Å²) in [7, 11) is 0. The molecule has 0 spiro atoms. The van der Waals surface area contributed by atoms with Crippen molar-refractivity contribution in [1.29, 1.82) is 0 Å². The molecule has 1 N–H and O–H groups in total. The molecule has 9 heteroatoms. The van der Waals surface area contributed by atoms with Crippen molar-refractivity contribution >= 4 is 69.2 Å². The van der Waals surface area contributed by atoms with Gasteiger partial charge in [-0.15, -0.1) is 0 Å². The Hall–Kier alpha value is -4.28. The Labute approximate surface area is 290 Å². The highest BCUT2D eigenvalue weighted by molar-refractivity contribution is 14.1. The molecule has 2 aliphatic heterocycles. The van der Waals surface area contributed by atoms with Gasteiger partial charge in [-0.2, -0.15) is 0 Å². The molecule has 6 atom stereocenters. The van der Waals surface area contributed by atoms with Gasteiger partial charge in [-0.25, -0.2) is 4.90 Å². The monoisotopic (exact) mass is 754 g/mol. The third-order valence-corrected chi connectivity index (χ3v) is 11.4. The van der Waals surface area contributed by atoms with Gasteiger partial charge in [0.05, 0.1) is 34.5 Å². The van der Waals surface area contributed by atoms with Crippen LogP contribution in [0.3, 0.4) is 0 Å². The molecular formula is C38H28ClIN2O5. The second kappa shape index (κ2) is 11.2. The molecule has 8 rings (SSSR count). The van der Waals surface area contributed by atoms with Crippen molar-refractivity contribution in [3.05, 3.63) is 134 Å². The number of halogens is 2. The fourth-order valence-corrected chi connectivity index (χ4v) is 9.21. The number of allylic oxidation sites excluding steroid dienone is 2. The van der Waals surface area contributed by atoms with Crippen molar-refractivity contribution in [3.63, 3.8) is 0 Å². The van der Waals surface area contributed by atoms with Gasteiger partial charge in [0, 0.05) is 14.5 Å². The fraction of sp³-hybridized carbons (Fsp3) is 0.211. The molecule has 2 heterocycles. The highest BCUT2D eigenvalue weighted by atomic mass is 127. The minimum absolute atomic E-state index is 0.0270. The Balaban J connectivity index is 1.34. The molecule has 47 heavy (non-hydrogen) atoms. The number of carbonyl (C=O) groups excluding carboxylic acids is 4. The van der Waals surface area contributed by atoms with Crippen LogP contribution in [-0.2, 0) is 24.6 Å². The smallest absolute Gasteiger partial charge is 0.246 e. The first kappa shape index (κ1) is 30.1. The molecule has 0 bridgehead atoms. The standard InChI is InChI=1S/C38H28ClIN2O5/c39-23-9-5-10-26(19-23)42-35(45)31-20-30-28(16-17-29-32(30)36(46)41(34(29)44)25-14-12-24(40)13-15-25)33(21-6-4-11-27(43)18-21)38(31,37(42)47)22-7-2-1-3-8-22/h1-16,18-19,29-33,43H,17,20H2/t29-,30+,31-,32-,33-,38+/m0/s1. The lowest BCUT2D eigenvalue weighted by atomic mass is 9.49. The molecule has 0 aromatic heterocycles. The van der Waals surface area contributed by atoms with E-state index in [1.165, 1.54) is 9.80 Å². The van der Waals surface area contributed by atoms with E-state index in [-0.39, 0.29) is 35.8 Å². The molecule has 2 aliphatic carbocycles. The molecule has 234 valence electrons. The minimum atomic E-state index is -1.38. The summed E-state index contributed by atoms with van der Waals surface area (Å²) in [5, 5.41) is 11.1. The first-order valence-electron chi connectivity index (χ1n) is 15.5. The van der Waals surface area contributed by atoms with E-state index in [0.29, 0.717) is 33.9 Å². The number of hydrogen-bond acceptors (Lipinski definition) is 5. The van der Waals surface area contributed by atoms with Gasteiger partial charge in [0.25, 0.3) is 0 Å². The number of fused-ring (bicyclic) bond motifs is 4. The van der Waals surface area contributed by atoms with Crippen molar-refractivity contribution < 1.29 is 24.3 Å². The van der Waals surface area contributed by atoms with Crippen LogP contribution in [-0.4, -0.2) is 28.7 Å². The maximum absolute atomic E-state index is 15.2. The van der Waals surface area contributed by atoms with Crippen LogP contribution in [0.5, 0.6) is 5.75 Å². The molecule has 4 amide bonds. The zero-order valence-corrected chi connectivity index (χ0v) is 27.8. The van der Waals surface area contributed by atoms with Gasteiger partial charge >= 0.3 is 0 Å². The van der Waals surface area contributed by atoms with E-state index in [0.717, 1.165) is 9.14 Å². The van der Waals surface area contributed by atoms with E-state index in [9.17, 15) is 19.5 Å². The SMILES string of the molecule is O=C1[C@H]2[C@H](CC=C3[C@H]2C[C@H]2C(=O)N(c4cccc(Cl)c4)C(=O)[C@@]2(c2ccccc2)[C@H]3c2cccc(O)c2)C(=O)N1c1ccc(I)cc1. The Morgan fingerprint density at radius 3 is 2.21 bits per heavy atom. The Bertz CT molecular complexity index is 2010. The number of imide groups is 2. The lowest BCUT2D eigenvalue weighted by Crippen LogP contribution is -2.53. The van der Waals surface area contributed by atoms with Crippen LogP contribution < -0.4 is 9.80 Å². The second-order valence-electron chi connectivity index (χ2n) is 12.7. The third kappa shape index (κ3) is 4.37. The van der Waals surface area contributed by atoms with Crippen molar-refractivity contribution in [1.82, 2.24) is 0 Å². The lowest BCUT2D eigenvalue weighted by molar-refractivity contribution is -0.127. The maximum Gasteiger partial charge on any atom is 0.246 e. The fourth-order valence-electron chi connectivity index (χ4n) is 8.67. The molecule has 0 radical (unpaired) electrons. The predicted molar refractivity (Wildman–Crippen MR) is 186 cm³/mol. The Morgan fingerprint density at radius 1 is 0.745 bits per heavy atom. The molecule has 7 nitrogen and oxygen atoms in total. The summed E-state index contributed by atoms with van der Waals surface area (Å²) in [6.07, 6.45) is 2.55. The zero-order chi connectivity index (χ0) is 32.6. The third-order valence-electron chi connectivity index (χ3n) is 10.5. The van der Waals surface area contributed by atoms with Gasteiger partial charge in [-0.3, -0.25) is 24.1 Å². The van der Waals surface area contributed by atoms with Crippen molar-refractivity contribution in [2.45, 2.75) is 24.2 Å². The van der Waals surface area contributed by atoms with E-state index < -0.39 is 35.0 Å². The highest BCUT2D eigenvalue weighted by Crippen LogP contribution is 2.64. The first-order chi connectivity index (χ1) is 22.7. The largest absolute Gasteiger partial charge is 0.508 e. The van der Waals surface area contributed by atoms with Crippen molar-refractivity contribution in [3.8, 4) is 5.75 Å². The van der Waals surface area contributed by atoms with Crippen LogP contribution in [0.4, 0.5) is 11.4 Å². The summed E-state index contributed by atoms with van der Waals surface area (Å²) in [4.78, 5) is 60.7. The summed E-state index contributed by atoms with van der Waals surface area (Å²) in [5.74, 6) is -4.59. The second-order valence-corrected chi connectivity index (χ2v) is 14.4. The van der Waals surface area contributed by atoms with Gasteiger partial charge in [0.1, 0.15) is 5.75 Å². The highest BCUT2D eigenvalue weighted by Gasteiger charge is 2.70. The number of phenolic OH excluding ortho intramolecular Hbond substituents is 1. The summed E-state index contributed by atoms with van der Waals surface area (Å²) in [6, 6.07) is 30.1. The average molecular weight is 755 g/mol. The van der Waals surface area contributed by atoms with E-state index in [1.54, 1.807) is 54.6 Å². The number of amides is 4. The average Bonchev–Trinajstić information content (AvgIpc) is 3.46. The number of carbonyl (C=O) groups is 4. The number of rotatable bonds is 4. The Morgan fingerprint density at radius 2 is 1.49 bits per heavy atom. The number of aromatic hydroxyl groups is 1. The van der Waals surface area contributed by atoms with Crippen molar-refractivity contribution in [2.24, 2.45) is 23.7 Å². The maximum atomic E-state index is 15.2. The number of nitrogens with zero attached hydrogens (tertiary/aromatic N) is 2. The van der Waals surface area contributed by atoms with Crippen LogP contribution in [0.2, 0.25) is 5.02 Å². The summed E-state index contributed by atoms with van der Waals surface area (Å²) >= 11 is 8.55. The summed E-state index contributed by atoms with van der Waals surface area (Å²) < 4.78 is 0.985. The molecule has 0 unspecified atom stereocenters. The summed E-state index contributed by atoms with van der Waals surface area (Å²) in [5.41, 5.74) is 1.70. The first-order valence-corrected chi connectivity index (χ1v) is 17.0. The van der Waals surface area contributed by atoms with Gasteiger partial charge in [0.2, 0.25) is 23.6 Å². The minimum Gasteiger partial charge on any atom is -0.508 e. The van der Waals surface area contributed by atoms with Gasteiger partial charge in [0.15, 0.2) is 0 Å². The van der Waals surface area contributed by atoms with E-state index in [4.69, 9.17) is 11.6 Å². The van der Waals surface area contributed by atoms with Crippen LogP contribution in [0.1, 0.15) is 29.9 Å². The number of anilines is 2. The number of benzene rings is 4. The molecule has 4 aliphatic rings. The van der Waals surface area contributed by atoms with Gasteiger partial charge in [-0.1, -0.05) is 71.8 Å². The van der Waals surface area contributed by atoms with Crippen LogP contribution in [0, 0.1) is 27.2 Å². The van der Waals surface area contributed by atoms with Gasteiger partial charge < -0.3 is 5.11 Å². The molecule has 1 saturated carbocycles. The topological polar surface area (TPSA) is 95.0 Å². The van der Waals surface area contributed by atoms with Gasteiger partial charge in [-0.05, 0) is 107 Å². The van der Waals surface area contributed by atoms with Crippen LogP contribution in [0.15, 0.2) is 115 Å². The molecule has 4 aromatic carbocycles. The molecule has 4 aromatic rings. The predicted octanol–water partition coefficient (Wildman–Crippen LogP) is 7.02. The zero-order valence-electron chi connectivity index (χ0n) is 24.9. The Kier molecular flexibility index (Phi) is 7.14. The normalized spacial score (nSPS) is 28.2. The van der Waals surface area contributed by atoms with E-state index in [2.05, 4.69) is 22.6 Å². The molecular weight excluding hydrogens is 727 g/mol. The number of hydrogen-bond donors (Lipinski definition) is 1. The lowest BCUT2D eigenvalue weighted by Gasteiger charge is -2.50. The van der Waals surface area contributed by atoms with Crippen LogP contribution in [0.25, 0.3) is 0 Å². The molecule has 2 saturated heterocycles. The molecule has 3 fully saturated rings. The number of phenols is 1. The van der Waals surface area contributed by atoms with E-state index in [1.807, 2.05) is 54.6 Å². The van der Waals surface area contributed by atoms with Crippen LogP contribution >= 0.6 is 34.2 Å². The van der Waals surface area contributed by atoms with Crippen molar-refractivity contribution in [2.75, 3.05) is 9.80 Å². The summed E-state index contributed by atoms with van der Waals surface area (Å²) in [6.45, 7) is 0. The van der Waals surface area contributed by atoms with E-state index >= 15 is 4.79 Å². The quantitative estimate of drug-likeness (QED) is 0.137.